The van der Waals surface area contributed by atoms with Gasteiger partial charge in [0, 0.05) is 5.69 Å². The van der Waals surface area contributed by atoms with Crippen LogP contribution in [-0.4, -0.2) is 37.7 Å². The second kappa shape index (κ2) is 12.5. The van der Waals surface area contributed by atoms with E-state index in [0.717, 1.165) is 0 Å². The zero-order chi connectivity index (χ0) is 23.5. The van der Waals surface area contributed by atoms with E-state index in [1.54, 1.807) is 44.2 Å². The number of amides is 1. The molecule has 166 valence electrons. The summed E-state index contributed by atoms with van der Waals surface area (Å²) in [5.74, 6) is -1.02. The van der Waals surface area contributed by atoms with Gasteiger partial charge in [-0.05, 0) is 84.5 Å². The van der Waals surface area contributed by atoms with E-state index in [2.05, 4.69) is 5.32 Å². The van der Waals surface area contributed by atoms with Gasteiger partial charge in [0.05, 0.1) is 22.3 Å². The van der Waals surface area contributed by atoms with Gasteiger partial charge in [0.25, 0.3) is 5.91 Å². The minimum absolute atomic E-state index is 0.101. The van der Waals surface area contributed by atoms with E-state index in [9.17, 15) is 19.6 Å². The van der Waals surface area contributed by atoms with E-state index in [1.165, 1.54) is 18.2 Å². The van der Waals surface area contributed by atoms with Crippen molar-refractivity contribution in [2.24, 2.45) is 0 Å². The molecule has 2 aromatic carbocycles. The highest BCUT2D eigenvalue weighted by Gasteiger charge is 2.12. The van der Waals surface area contributed by atoms with Crippen molar-refractivity contribution in [2.75, 3.05) is 25.1 Å². The highest BCUT2D eigenvalue weighted by atomic mass is 127. The van der Waals surface area contributed by atoms with Crippen LogP contribution in [-0.2, 0) is 19.1 Å². The van der Waals surface area contributed by atoms with Gasteiger partial charge in [-0.15, -0.1) is 0 Å². The van der Waals surface area contributed by atoms with Crippen LogP contribution in [0, 0.1) is 14.9 Å². The second-order valence-corrected chi connectivity index (χ2v) is 7.37. The molecule has 32 heavy (non-hydrogen) atoms. The maximum atomic E-state index is 12.5. The first-order chi connectivity index (χ1) is 15.4. The Hall–Kier alpha value is -3.39. The zero-order valence-electron chi connectivity index (χ0n) is 17.5. The molecule has 0 fully saturated rings. The van der Waals surface area contributed by atoms with Crippen LogP contribution in [0.15, 0.2) is 48.0 Å². The van der Waals surface area contributed by atoms with Crippen LogP contribution in [0.3, 0.4) is 0 Å². The lowest BCUT2D eigenvalue weighted by Gasteiger charge is -2.09. The third-order valence-corrected chi connectivity index (χ3v) is 4.78. The molecule has 9 heteroatoms. The molecule has 0 aliphatic heterocycles. The normalized spacial score (nSPS) is 10.6. The maximum Gasteiger partial charge on any atom is 0.344 e. The smallest absolute Gasteiger partial charge is 0.344 e. The summed E-state index contributed by atoms with van der Waals surface area (Å²) in [4.78, 5) is 35.6. The Balaban J connectivity index is 2.07. The molecule has 0 aromatic heterocycles. The lowest BCUT2D eigenvalue weighted by molar-refractivity contribution is -0.145. The quantitative estimate of drug-likeness (QED) is 0.218. The third-order valence-electron chi connectivity index (χ3n) is 3.94. The van der Waals surface area contributed by atoms with E-state index < -0.39 is 17.8 Å². The predicted octanol–water partition coefficient (Wildman–Crippen LogP) is 3.96. The van der Waals surface area contributed by atoms with Crippen LogP contribution in [0.4, 0.5) is 5.69 Å². The monoisotopic (exact) mass is 548 g/mol. The highest BCUT2D eigenvalue weighted by molar-refractivity contribution is 14.1. The molecule has 1 amide bonds. The third kappa shape index (κ3) is 7.39. The summed E-state index contributed by atoms with van der Waals surface area (Å²) in [7, 11) is 0. The van der Waals surface area contributed by atoms with Crippen molar-refractivity contribution in [3.05, 3.63) is 62.7 Å². The molecule has 1 N–H and O–H groups in total. The lowest BCUT2D eigenvalue weighted by Crippen LogP contribution is -2.15. The van der Waals surface area contributed by atoms with Crippen LogP contribution >= 0.6 is 22.6 Å². The van der Waals surface area contributed by atoms with Gasteiger partial charge in [-0.3, -0.25) is 4.79 Å². The van der Waals surface area contributed by atoms with Crippen molar-refractivity contribution in [1.82, 2.24) is 0 Å². The van der Waals surface area contributed by atoms with Gasteiger partial charge >= 0.3 is 11.9 Å². The standard InChI is InChI=1S/C23H21IN2O6/c1-3-30-21(27)14-32-20-10-5-15(12-19(20)24)11-17(13-25)22(28)26-18-8-6-16(7-9-18)23(29)31-4-2/h5-12H,3-4,14H2,1-2H3,(H,26,28)/b17-11+. The molecule has 0 bridgehead atoms. The van der Waals surface area contributed by atoms with Gasteiger partial charge in [-0.2, -0.15) is 5.26 Å². The first-order valence-corrected chi connectivity index (χ1v) is 10.7. The summed E-state index contributed by atoms with van der Waals surface area (Å²) in [5.41, 5.74) is 1.31. The van der Waals surface area contributed by atoms with E-state index in [4.69, 9.17) is 14.2 Å². The molecule has 0 unspecified atom stereocenters. The summed E-state index contributed by atoms with van der Waals surface area (Å²) in [6, 6.07) is 13.1. The fourth-order valence-corrected chi connectivity index (χ4v) is 3.18. The van der Waals surface area contributed by atoms with Gasteiger partial charge in [-0.1, -0.05) is 6.07 Å². The molecule has 8 nitrogen and oxygen atoms in total. The maximum absolute atomic E-state index is 12.5. The number of hydrogen-bond acceptors (Lipinski definition) is 7. The molecule has 0 radical (unpaired) electrons. The Bertz CT molecular complexity index is 1060. The highest BCUT2D eigenvalue weighted by Crippen LogP contribution is 2.23. The van der Waals surface area contributed by atoms with E-state index in [1.807, 2.05) is 28.7 Å². The van der Waals surface area contributed by atoms with Gasteiger partial charge < -0.3 is 19.5 Å². The number of esters is 2. The van der Waals surface area contributed by atoms with E-state index in [-0.39, 0.29) is 25.4 Å². The minimum Gasteiger partial charge on any atom is -0.481 e. The molecule has 2 rings (SSSR count). The second-order valence-electron chi connectivity index (χ2n) is 6.21. The molecule has 0 saturated carbocycles. The topological polar surface area (TPSA) is 115 Å². The van der Waals surface area contributed by atoms with Crippen molar-refractivity contribution < 1.29 is 28.6 Å². The molecule has 0 saturated heterocycles. The number of ether oxygens (including phenoxy) is 3. The van der Waals surface area contributed by atoms with Crippen molar-refractivity contribution in [1.29, 1.82) is 5.26 Å². The number of nitrogens with zero attached hydrogens (tertiary/aromatic N) is 1. The minimum atomic E-state index is -0.589. The molecular formula is C23H21IN2O6. The summed E-state index contributed by atoms with van der Waals surface area (Å²) in [6.07, 6.45) is 1.44. The van der Waals surface area contributed by atoms with Crippen LogP contribution in [0.2, 0.25) is 0 Å². The number of nitriles is 1. The zero-order valence-corrected chi connectivity index (χ0v) is 19.7. The molecule has 0 heterocycles. The van der Waals surface area contributed by atoms with Gasteiger partial charge in [0.15, 0.2) is 6.61 Å². The first kappa shape index (κ1) is 24.9. The Morgan fingerprint density at radius 3 is 2.34 bits per heavy atom. The molecule has 0 atom stereocenters. The van der Waals surface area contributed by atoms with Gasteiger partial charge in [-0.25, -0.2) is 9.59 Å². The SMILES string of the molecule is CCOC(=O)COc1ccc(/C=C(\C#N)C(=O)Nc2ccc(C(=O)OCC)cc2)cc1I. The summed E-state index contributed by atoms with van der Waals surface area (Å²) in [6.45, 7) is 3.76. The van der Waals surface area contributed by atoms with Crippen LogP contribution in [0.1, 0.15) is 29.8 Å². The number of anilines is 1. The average molecular weight is 548 g/mol. The number of benzene rings is 2. The van der Waals surface area contributed by atoms with Crippen molar-refractivity contribution in [3.63, 3.8) is 0 Å². The number of nitrogens with one attached hydrogen (secondary N) is 1. The lowest BCUT2D eigenvalue weighted by atomic mass is 10.1. The number of halogens is 1. The van der Waals surface area contributed by atoms with Crippen LogP contribution in [0.25, 0.3) is 6.08 Å². The molecule has 0 aliphatic rings. The number of rotatable bonds is 9. The largest absolute Gasteiger partial charge is 0.481 e. The van der Waals surface area contributed by atoms with Crippen LogP contribution in [0.5, 0.6) is 5.75 Å². The fraction of sp³-hybridized carbons (Fsp3) is 0.217. The summed E-state index contributed by atoms with van der Waals surface area (Å²) in [5, 5.41) is 12.0. The number of hydrogen-bond donors (Lipinski definition) is 1. The Morgan fingerprint density at radius 1 is 1.06 bits per heavy atom. The van der Waals surface area contributed by atoms with Crippen LogP contribution < -0.4 is 10.1 Å². The van der Waals surface area contributed by atoms with Crippen molar-refractivity contribution in [3.8, 4) is 11.8 Å². The fourth-order valence-electron chi connectivity index (χ4n) is 2.48. The van der Waals surface area contributed by atoms with Crippen molar-refractivity contribution >= 4 is 52.2 Å². The van der Waals surface area contributed by atoms with E-state index in [0.29, 0.717) is 26.1 Å². The Morgan fingerprint density at radius 2 is 1.75 bits per heavy atom. The average Bonchev–Trinajstić information content (AvgIpc) is 2.77. The van der Waals surface area contributed by atoms with Gasteiger partial charge in [0.1, 0.15) is 17.4 Å². The summed E-state index contributed by atoms with van der Waals surface area (Å²) < 4.78 is 15.9. The first-order valence-electron chi connectivity index (χ1n) is 9.66. The molecular weight excluding hydrogens is 527 g/mol. The van der Waals surface area contributed by atoms with Gasteiger partial charge in [0.2, 0.25) is 0 Å². The molecule has 0 spiro atoms. The molecule has 2 aromatic rings. The predicted molar refractivity (Wildman–Crippen MR) is 126 cm³/mol. The number of carbonyl (C=O) groups excluding carboxylic acids is 3. The van der Waals surface area contributed by atoms with E-state index >= 15 is 0 Å². The summed E-state index contributed by atoms with van der Waals surface area (Å²) >= 11 is 2.04. The Labute approximate surface area is 199 Å². The molecule has 0 aliphatic carbocycles. The Kier molecular flexibility index (Phi) is 9.69. The number of carbonyl (C=O) groups is 3. The van der Waals surface area contributed by atoms with Crippen molar-refractivity contribution in [2.45, 2.75) is 13.8 Å².